The highest BCUT2D eigenvalue weighted by molar-refractivity contribution is 7.11. The zero-order chi connectivity index (χ0) is 16.0. The van der Waals surface area contributed by atoms with E-state index in [0.717, 1.165) is 36.4 Å². The minimum Gasteiger partial charge on any atom is -0.356 e. The van der Waals surface area contributed by atoms with Crippen LogP contribution in [0.15, 0.2) is 11.2 Å². The van der Waals surface area contributed by atoms with Crippen LogP contribution in [0.25, 0.3) is 0 Å². The molecule has 124 valence electrons. The van der Waals surface area contributed by atoms with Crippen molar-refractivity contribution in [3.63, 3.8) is 0 Å². The second-order valence-corrected chi connectivity index (χ2v) is 8.00. The van der Waals surface area contributed by atoms with Crippen LogP contribution in [-0.4, -0.2) is 24.5 Å². The Balaban J connectivity index is 1.79. The van der Waals surface area contributed by atoms with Gasteiger partial charge < -0.3 is 10.6 Å². The van der Waals surface area contributed by atoms with Crippen molar-refractivity contribution >= 4 is 17.3 Å². The van der Waals surface area contributed by atoms with Crippen LogP contribution in [0.5, 0.6) is 0 Å². The first kappa shape index (κ1) is 17.3. The van der Waals surface area contributed by atoms with Crippen molar-refractivity contribution in [2.24, 2.45) is 16.3 Å². The third-order valence-electron chi connectivity index (χ3n) is 4.47. The monoisotopic (exact) mass is 322 g/mol. The Kier molecular flexibility index (Phi) is 6.24. The lowest BCUT2D eigenvalue weighted by molar-refractivity contribution is 0.104. The van der Waals surface area contributed by atoms with E-state index in [1.165, 1.54) is 30.6 Å². The average molecular weight is 323 g/mol. The molecule has 0 unspecified atom stereocenters. The summed E-state index contributed by atoms with van der Waals surface area (Å²) in [5.74, 6) is 1.66. The Hall–Kier alpha value is -1.10. The molecule has 1 aliphatic rings. The summed E-state index contributed by atoms with van der Waals surface area (Å²) >= 11 is 1.78. The fourth-order valence-electron chi connectivity index (χ4n) is 3.24. The number of aromatic nitrogens is 1. The molecule has 0 spiro atoms. The third-order valence-corrected chi connectivity index (χ3v) is 5.61. The van der Waals surface area contributed by atoms with Crippen molar-refractivity contribution in [1.82, 2.24) is 15.6 Å². The summed E-state index contributed by atoms with van der Waals surface area (Å²) in [5, 5.41) is 8.03. The van der Waals surface area contributed by atoms with Crippen LogP contribution in [0.2, 0.25) is 0 Å². The van der Waals surface area contributed by atoms with E-state index in [9.17, 15) is 0 Å². The van der Waals surface area contributed by atoms with E-state index in [0.29, 0.717) is 5.41 Å². The van der Waals surface area contributed by atoms with Gasteiger partial charge in [-0.05, 0) is 37.0 Å². The first-order chi connectivity index (χ1) is 10.6. The first-order valence-corrected chi connectivity index (χ1v) is 9.26. The van der Waals surface area contributed by atoms with Crippen LogP contribution in [0.1, 0.15) is 56.3 Å². The molecule has 22 heavy (non-hydrogen) atoms. The third kappa shape index (κ3) is 4.70. The van der Waals surface area contributed by atoms with Crippen molar-refractivity contribution < 1.29 is 0 Å². The number of aliphatic imine (C=N–C) groups is 1. The lowest BCUT2D eigenvalue weighted by atomic mass is 9.64. The Bertz CT molecular complexity index is 489. The molecule has 0 bridgehead atoms. The molecule has 2 rings (SSSR count). The number of nitrogens with one attached hydrogen (secondary N) is 2. The van der Waals surface area contributed by atoms with Crippen LogP contribution in [-0.2, 0) is 13.0 Å². The second-order valence-electron chi connectivity index (χ2n) is 6.80. The molecule has 1 heterocycles. The second kappa shape index (κ2) is 7.95. The van der Waals surface area contributed by atoms with Crippen molar-refractivity contribution in [2.75, 3.05) is 13.6 Å². The summed E-state index contributed by atoms with van der Waals surface area (Å²) in [6.07, 6.45) is 8.41. The Labute approximate surface area is 138 Å². The molecule has 0 aromatic carbocycles. The summed E-state index contributed by atoms with van der Waals surface area (Å²) < 4.78 is 0. The summed E-state index contributed by atoms with van der Waals surface area (Å²) in [6.45, 7) is 8.59. The topological polar surface area (TPSA) is 49.3 Å². The highest BCUT2D eigenvalue weighted by Gasteiger charge is 2.37. The molecule has 4 nitrogen and oxygen atoms in total. The predicted molar refractivity (Wildman–Crippen MR) is 95.4 cm³/mol. The molecule has 2 N–H and O–H groups in total. The highest BCUT2D eigenvalue weighted by Crippen LogP contribution is 2.45. The van der Waals surface area contributed by atoms with E-state index in [4.69, 9.17) is 0 Å². The van der Waals surface area contributed by atoms with Crippen molar-refractivity contribution in [3.05, 3.63) is 16.1 Å². The predicted octanol–water partition coefficient (Wildman–Crippen LogP) is 3.59. The average Bonchev–Trinajstić information content (AvgIpc) is 2.92. The molecule has 5 heteroatoms. The lowest BCUT2D eigenvalue weighted by Crippen LogP contribution is -2.46. The Morgan fingerprint density at radius 3 is 2.68 bits per heavy atom. The van der Waals surface area contributed by atoms with Crippen molar-refractivity contribution in [3.8, 4) is 0 Å². The molecule has 1 fully saturated rings. The molecular formula is C17H30N4S. The maximum Gasteiger partial charge on any atom is 0.191 e. The quantitative estimate of drug-likeness (QED) is 0.596. The highest BCUT2D eigenvalue weighted by atomic mass is 32.1. The molecule has 1 saturated carbocycles. The molecule has 0 aliphatic heterocycles. The number of aryl methyl sites for hydroxylation is 1. The Morgan fingerprint density at radius 2 is 2.18 bits per heavy atom. The minimum atomic E-state index is 0.488. The minimum absolute atomic E-state index is 0.488. The first-order valence-electron chi connectivity index (χ1n) is 8.45. The van der Waals surface area contributed by atoms with Gasteiger partial charge in [-0.2, -0.15) is 0 Å². The van der Waals surface area contributed by atoms with Gasteiger partial charge in [0, 0.05) is 24.7 Å². The maximum atomic E-state index is 4.44. The van der Waals surface area contributed by atoms with E-state index in [-0.39, 0.29) is 0 Å². The van der Waals surface area contributed by atoms with Gasteiger partial charge in [0.15, 0.2) is 5.96 Å². The van der Waals surface area contributed by atoms with Gasteiger partial charge >= 0.3 is 0 Å². The molecule has 0 amide bonds. The van der Waals surface area contributed by atoms with Crippen LogP contribution < -0.4 is 10.6 Å². The van der Waals surface area contributed by atoms with Crippen molar-refractivity contribution in [1.29, 1.82) is 0 Å². The smallest absolute Gasteiger partial charge is 0.191 e. The van der Waals surface area contributed by atoms with Crippen LogP contribution in [0.4, 0.5) is 0 Å². The zero-order valence-electron chi connectivity index (χ0n) is 14.4. The number of hydrogen-bond donors (Lipinski definition) is 2. The molecule has 1 aliphatic carbocycles. The van der Waals surface area contributed by atoms with E-state index in [1.807, 2.05) is 13.2 Å². The van der Waals surface area contributed by atoms with Gasteiger partial charge in [0.25, 0.3) is 0 Å². The fourth-order valence-corrected chi connectivity index (χ4v) is 4.04. The standard InChI is InChI=1S/C17H30N4S/c1-5-14-10-19-15(22-14)11-20-16(18-4)21-12-17(7-6-8-17)9-13(2)3/h10,13H,5-9,11-12H2,1-4H3,(H2,18,20,21). The normalized spacial score (nSPS) is 17.4. The van der Waals surface area contributed by atoms with E-state index >= 15 is 0 Å². The number of hydrogen-bond acceptors (Lipinski definition) is 3. The van der Waals surface area contributed by atoms with Gasteiger partial charge in [0.2, 0.25) is 0 Å². The van der Waals surface area contributed by atoms with Gasteiger partial charge in [0.05, 0.1) is 6.54 Å². The molecule has 1 aromatic heterocycles. The number of rotatable bonds is 7. The van der Waals surface area contributed by atoms with Gasteiger partial charge in [-0.15, -0.1) is 11.3 Å². The lowest BCUT2D eigenvalue weighted by Gasteiger charge is -2.43. The van der Waals surface area contributed by atoms with Crippen molar-refractivity contribution in [2.45, 2.75) is 59.4 Å². The molecule has 1 aromatic rings. The van der Waals surface area contributed by atoms with Gasteiger partial charge in [-0.1, -0.05) is 27.2 Å². The van der Waals surface area contributed by atoms with Crippen LogP contribution in [0, 0.1) is 11.3 Å². The van der Waals surface area contributed by atoms with E-state index in [2.05, 4.69) is 41.4 Å². The number of thiazole rings is 1. The summed E-state index contributed by atoms with van der Waals surface area (Å²) in [5.41, 5.74) is 0.488. The van der Waals surface area contributed by atoms with E-state index in [1.54, 1.807) is 11.3 Å². The number of guanidine groups is 1. The molecule has 0 atom stereocenters. The van der Waals surface area contributed by atoms with Gasteiger partial charge in [-0.3, -0.25) is 4.99 Å². The van der Waals surface area contributed by atoms with Crippen LogP contribution in [0.3, 0.4) is 0 Å². The fraction of sp³-hybridized carbons (Fsp3) is 0.765. The molecular weight excluding hydrogens is 292 g/mol. The maximum absolute atomic E-state index is 4.44. The van der Waals surface area contributed by atoms with Crippen LogP contribution >= 0.6 is 11.3 Å². The summed E-state index contributed by atoms with van der Waals surface area (Å²) in [4.78, 5) is 10.1. The van der Waals surface area contributed by atoms with E-state index < -0.39 is 0 Å². The van der Waals surface area contributed by atoms with Gasteiger partial charge in [0.1, 0.15) is 5.01 Å². The molecule has 0 radical (unpaired) electrons. The Morgan fingerprint density at radius 1 is 1.41 bits per heavy atom. The zero-order valence-corrected chi connectivity index (χ0v) is 15.2. The van der Waals surface area contributed by atoms with Gasteiger partial charge in [-0.25, -0.2) is 4.98 Å². The largest absolute Gasteiger partial charge is 0.356 e. The SMILES string of the molecule is CCc1cnc(CNC(=NC)NCC2(CC(C)C)CCC2)s1. The number of nitrogens with zero attached hydrogens (tertiary/aromatic N) is 2. The summed E-state index contributed by atoms with van der Waals surface area (Å²) in [7, 11) is 1.84. The summed E-state index contributed by atoms with van der Waals surface area (Å²) in [6, 6.07) is 0. The molecule has 0 saturated heterocycles.